The third kappa shape index (κ3) is 2.98. The highest BCUT2D eigenvalue weighted by Crippen LogP contribution is 2.23. The second-order valence-electron chi connectivity index (χ2n) is 5.48. The van der Waals surface area contributed by atoms with Crippen molar-refractivity contribution in [3.05, 3.63) is 66.7 Å². The van der Waals surface area contributed by atoms with Crippen molar-refractivity contribution in [2.75, 3.05) is 12.4 Å². The Balaban J connectivity index is 1.58. The molecule has 0 unspecified atom stereocenters. The number of pyridine rings is 1. The maximum atomic E-state index is 12.4. The zero-order valence-corrected chi connectivity index (χ0v) is 13.8. The number of hydrogen-bond donors (Lipinski definition) is 1. The van der Waals surface area contributed by atoms with Crippen LogP contribution in [0.15, 0.2) is 65.2 Å². The number of carbonyl (C=O) groups is 1. The van der Waals surface area contributed by atoms with Crippen LogP contribution in [0, 0.1) is 0 Å². The standard InChI is InChI=1S/C19H14N4O3/c1-25-14-9-7-13(8-10-14)18-22-23-19(26-18)17(24)21-15-6-2-4-12-5-3-11-20-16(12)15/h2-11H,1H3,(H,21,24). The number of aromatic nitrogens is 3. The Morgan fingerprint density at radius 3 is 2.65 bits per heavy atom. The van der Waals surface area contributed by atoms with Crippen LogP contribution in [0.25, 0.3) is 22.4 Å². The molecular formula is C19H14N4O3. The van der Waals surface area contributed by atoms with Gasteiger partial charge < -0.3 is 14.5 Å². The highest BCUT2D eigenvalue weighted by molar-refractivity contribution is 6.05. The monoisotopic (exact) mass is 346 g/mol. The van der Waals surface area contributed by atoms with E-state index in [2.05, 4.69) is 20.5 Å². The van der Waals surface area contributed by atoms with E-state index in [1.807, 2.05) is 24.3 Å². The van der Waals surface area contributed by atoms with Crippen LogP contribution in [0.3, 0.4) is 0 Å². The number of rotatable bonds is 4. The fourth-order valence-electron chi connectivity index (χ4n) is 2.55. The van der Waals surface area contributed by atoms with Gasteiger partial charge in [0.25, 0.3) is 0 Å². The van der Waals surface area contributed by atoms with E-state index in [4.69, 9.17) is 9.15 Å². The predicted molar refractivity (Wildman–Crippen MR) is 96.0 cm³/mol. The van der Waals surface area contributed by atoms with Gasteiger partial charge in [-0.25, -0.2) is 0 Å². The number of methoxy groups -OCH3 is 1. The zero-order chi connectivity index (χ0) is 17.9. The maximum absolute atomic E-state index is 12.4. The van der Waals surface area contributed by atoms with Crippen molar-refractivity contribution in [1.82, 2.24) is 15.2 Å². The molecule has 7 heteroatoms. The van der Waals surface area contributed by atoms with Gasteiger partial charge in [-0.2, -0.15) is 0 Å². The largest absolute Gasteiger partial charge is 0.497 e. The molecule has 0 saturated heterocycles. The summed E-state index contributed by atoms with van der Waals surface area (Å²) in [6.45, 7) is 0. The lowest BCUT2D eigenvalue weighted by molar-refractivity contribution is 0.0991. The van der Waals surface area contributed by atoms with Crippen LogP contribution in [-0.2, 0) is 0 Å². The Labute approximate surface area is 148 Å². The molecule has 0 spiro atoms. The topological polar surface area (TPSA) is 90.1 Å². The summed E-state index contributed by atoms with van der Waals surface area (Å²) in [5.41, 5.74) is 1.97. The molecule has 0 bridgehead atoms. The van der Waals surface area contributed by atoms with Crippen molar-refractivity contribution in [3.63, 3.8) is 0 Å². The molecule has 26 heavy (non-hydrogen) atoms. The Bertz CT molecular complexity index is 1070. The Kier molecular flexibility index (Phi) is 4.03. The van der Waals surface area contributed by atoms with Crippen molar-refractivity contribution in [3.8, 4) is 17.2 Å². The van der Waals surface area contributed by atoms with Crippen molar-refractivity contribution < 1.29 is 13.9 Å². The number of nitrogens with one attached hydrogen (secondary N) is 1. The van der Waals surface area contributed by atoms with Crippen molar-refractivity contribution >= 4 is 22.5 Å². The molecule has 0 saturated carbocycles. The fourth-order valence-corrected chi connectivity index (χ4v) is 2.55. The van der Waals surface area contributed by atoms with Crippen LogP contribution in [-0.4, -0.2) is 28.2 Å². The SMILES string of the molecule is COc1ccc(-c2nnc(C(=O)Nc3cccc4cccnc34)o2)cc1. The number of carbonyl (C=O) groups excluding carboxylic acids is 1. The summed E-state index contributed by atoms with van der Waals surface area (Å²) >= 11 is 0. The van der Waals surface area contributed by atoms with Gasteiger partial charge >= 0.3 is 11.8 Å². The number of benzene rings is 2. The van der Waals surface area contributed by atoms with E-state index < -0.39 is 5.91 Å². The summed E-state index contributed by atoms with van der Waals surface area (Å²) in [7, 11) is 1.59. The second kappa shape index (κ2) is 6.64. The first-order valence-corrected chi connectivity index (χ1v) is 7.87. The predicted octanol–water partition coefficient (Wildman–Crippen LogP) is 3.55. The molecule has 2 aromatic carbocycles. The zero-order valence-electron chi connectivity index (χ0n) is 13.8. The summed E-state index contributed by atoms with van der Waals surface area (Å²) in [5, 5.41) is 11.5. The third-order valence-corrected chi connectivity index (χ3v) is 3.84. The van der Waals surface area contributed by atoms with Gasteiger partial charge in [0.05, 0.1) is 18.3 Å². The minimum absolute atomic E-state index is 0.122. The van der Waals surface area contributed by atoms with Gasteiger partial charge in [0, 0.05) is 17.1 Å². The Morgan fingerprint density at radius 2 is 1.85 bits per heavy atom. The lowest BCUT2D eigenvalue weighted by atomic mass is 10.2. The third-order valence-electron chi connectivity index (χ3n) is 3.84. The lowest BCUT2D eigenvalue weighted by Gasteiger charge is -2.05. The lowest BCUT2D eigenvalue weighted by Crippen LogP contribution is -2.12. The highest BCUT2D eigenvalue weighted by Gasteiger charge is 2.17. The van der Waals surface area contributed by atoms with E-state index in [-0.39, 0.29) is 11.8 Å². The van der Waals surface area contributed by atoms with E-state index in [1.165, 1.54) is 0 Å². The second-order valence-corrected chi connectivity index (χ2v) is 5.48. The first-order chi connectivity index (χ1) is 12.7. The molecule has 4 aromatic rings. The maximum Gasteiger partial charge on any atom is 0.313 e. The average Bonchev–Trinajstić information content (AvgIpc) is 3.19. The Morgan fingerprint density at radius 1 is 1.04 bits per heavy atom. The first-order valence-electron chi connectivity index (χ1n) is 7.87. The molecule has 1 amide bonds. The van der Waals surface area contributed by atoms with Gasteiger partial charge in [-0.3, -0.25) is 9.78 Å². The van der Waals surface area contributed by atoms with Gasteiger partial charge in [-0.15, -0.1) is 10.2 Å². The van der Waals surface area contributed by atoms with Crippen LogP contribution in [0.1, 0.15) is 10.7 Å². The quantitative estimate of drug-likeness (QED) is 0.608. The van der Waals surface area contributed by atoms with Crippen LogP contribution >= 0.6 is 0 Å². The number of para-hydroxylation sites is 1. The van der Waals surface area contributed by atoms with Crippen molar-refractivity contribution in [2.24, 2.45) is 0 Å². The van der Waals surface area contributed by atoms with E-state index in [1.54, 1.807) is 43.6 Å². The van der Waals surface area contributed by atoms with Gasteiger partial charge in [0.15, 0.2) is 0 Å². The smallest absolute Gasteiger partial charge is 0.313 e. The molecule has 0 fully saturated rings. The van der Waals surface area contributed by atoms with E-state index in [0.29, 0.717) is 16.8 Å². The number of ether oxygens (including phenoxy) is 1. The van der Waals surface area contributed by atoms with Crippen molar-refractivity contribution in [1.29, 1.82) is 0 Å². The highest BCUT2D eigenvalue weighted by atomic mass is 16.5. The van der Waals surface area contributed by atoms with E-state index >= 15 is 0 Å². The summed E-state index contributed by atoms with van der Waals surface area (Å²) in [6.07, 6.45) is 1.67. The molecule has 128 valence electrons. The van der Waals surface area contributed by atoms with E-state index in [9.17, 15) is 4.79 Å². The molecular weight excluding hydrogens is 332 g/mol. The number of anilines is 1. The normalized spacial score (nSPS) is 10.7. The van der Waals surface area contributed by atoms with Crippen LogP contribution in [0.2, 0.25) is 0 Å². The molecule has 0 atom stereocenters. The molecule has 0 radical (unpaired) electrons. The van der Waals surface area contributed by atoms with Crippen LogP contribution in [0.4, 0.5) is 5.69 Å². The van der Waals surface area contributed by atoms with Gasteiger partial charge in [0.1, 0.15) is 5.75 Å². The average molecular weight is 346 g/mol. The minimum Gasteiger partial charge on any atom is -0.497 e. The fraction of sp³-hybridized carbons (Fsp3) is 0.0526. The van der Waals surface area contributed by atoms with Gasteiger partial charge in [0.2, 0.25) is 5.89 Å². The minimum atomic E-state index is -0.490. The molecule has 2 aromatic heterocycles. The molecule has 7 nitrogen and oxygen atoms in total. The molecule has 2 heterocycles. The number of nitrogens with zero attached hydrogens (tertiary/aromatic N) is 3. The molecule has 0 aliphatic carbocycles. The summed E-state index contributed by atoms with van der Waals surface area (Å²) in [6, 6.07) is 16.4. The number of hydrogen-bond acceptors (Lipinski definition) is 6. The summed E-state index contributed by atoms with van der Waals surface area (Å²) in [5.74, 6) is 0.364. The first kappa shape index (κ1) is 15.8. The Hall–Kier alpha value is -3.74. The van der Waals surface area contributed by atoms with Gasteiger partial charge in [-0.05, 0) is 36.4 Å². The molecule has 4 rings (SSSR count). The van der Waals surface area contributed by atoms with Gasteiger partial charge in [-0.1, -0.05) is 18.2 Å². The summed E-state index contributed by atoms with van der Waals surface area (Å²) < 4.78 is 10.6. The van der Waals surface area contributed by atoms with Crippen LogP contribution in [0.5, 0.6) is 5.75 Å². The van der Waals surface area contributed by atoms with E-state index in [0.717, 1.165) is 11.1 Å². The van der Waals surface area contributed by atoms with Crippen molar-refractivity contribution in [2.45, 2.75) is 0 Å². The molecule has 0 aliphatic heterocycles. The molecule has 0 aliphatic rings. The number of amides is 1. The van der Waals surface area contributed by atoms with Crippen LogP contribution < -0.4 is 10.1 Å². The number of fused-ring (bicyclic) bond motifs is 1. The molecule has 1 N–H and O–H groups in total. The summed E-state index contributed by atoms with van der Waals surface area (Å²) in [4.78, 5) is 16.8.